The molecule has 2 amide bonds. The van der Waals surface area contributed by atoms with Gasteiger partial charge in [-0.05, 0) is 30.5 Å². The van der Waals surface area contributed by atoms with Crippen LogP contribution in [-0.4, -0.2) is 103 Å². The van der Waals surface area contributed by atoms with Crippen LogP contribution in [0, 0.1) is 0 Å². The van der Waals surface area contributed by atoms with E-state index in [1.54, 1.807) is 7.11 Å². The molecular weight excluding hydrogens is 380 g/mol. The lowest BCUT2D eigenvalue weighted by Gasteiger charge is -2.43. The number of hydrogen-bond acceptors (Lipinski definition) is 5. The smallest absolute Gasteiger partial charge is 0.236 e. The third kappa shape index (κ3) is 5.13. The van der Waals surface area contributed by atoms with Crippen molar-refractivity contribution in [3.8, 4) is 5.75 Å². The summed E-state index contributed by atoms with van der Waals surface area (Å²) in [5, 5.41) is 0. The number of ether oxygens (including phenoxy) is 1. The molecule has 2 aliphatic heterocycles. The minimum absolute atomic E-state index is 0.140. The summed E-state index contributed by atoms with van der Waals surface area (Å²) >= 11 is 0. The lowest BCUT2D eigenvalue weighted by atomic mass is 9.91. The van der Waals surface area contributed by atoms with Crippen LogP contribution in [0.15, 0.2) is 24.3 Å². The van der Waals surface area contributed by atoms with Gasteiger partial charge in [-0.2, -0.15) is 0 Å². The summed E-state index contributed by atoms with van der Waals surface area (Å²) < 4.78 is 5.24. The topological polar surface area (TPSA) is 56.3 Å². The molecule has 0 aromatic heterocycles. The van der Waals surface area contributed by atoms with Gasteiger partial charge >= 0.3 is 0 Å². The van der Waals surface area contributed by atoms with Gasteiger partial charge in [0, 0.05) is 58.4 Å². The molecule has 3 aliphatic rings. The predicted octanol–water partition coefficient (Wildman–Crippen LogP) is 1.08. The van der Waals surface area contributed by atoms with Crippen LogP contribution >= 0.6 is 0 Å². The molecule has 0 unspecified atom stereocenters. The maximum atomic E-state index is 12.7. The van der Waals surface area contributed by atoms with Crippen molar-refractivity contribution in [2.75, 3.05) is 66.0 Å². The normalized spacial score (nSPS) is 21.4. The standard InChI is InChI=1S/C23H34N4O3/c1-30-21-7-2-4-19(16-21)17-22(28)26-10-8-24(9-11-26)18-23(29)27-14-12-25(13-15-27)20-5-3-6-20/h2,4,7,16,20H,3,5-6,8-15,17-18H2,1H3. The second-order valence-corrected chi connectivity index (χ2v) is 8.69. The Morgan fingerprint density at radius 1 is 0.933 bits per heavy atom. The molecule has 164 valence electrons. The molecule has 0 N–H and O–H groups in total. The quantitative estimate of drug-likeness (QED) is 0.697. The van der Waals surface area contributed by atoms with E-state index in [1.165, 1.54) is 19.3 Å². The van der Waals surface area contributed by atoms with Crippen molar-refractivity contribution in [2.24, 2.45) is 0 Å². The molecule has 0 radical (unpaired) electrons. The lowest BCUT2D eigenvalue weighted by Crippen LogP contribution is -2.56. The van der Waals surface area contributed by atoms with E-state index in [0.29, 0.717) is 26.1 Å². The number of carbonyl (C=O) groups is 2. The summed E-state index contributed by atoms with van der Waals surface area (Å²) in [6.07, 6.45) is 4.41. The summed E-state index contributed by atoms with van der Waals surface area (Å²) in [6.45, 7) is 7.11. The van der Waals surface area contributed by atoms with E-state index < -0.39 is 0 Å². The Bertz CT molecular complexity index is 736. The van der Waals surface area contributed by atoms with Crippen LogP contribution in [0.1, 0.15) is 24.8 Å². The third-order valence-electron chi connectivity index (χ3n) is 6.83. The first-order valence-electron chi connectivity index (χ1n) is 11.3. The largest absolute Gasteiger partial charge is 0.497 e. The highest BCUT2D eigenvalue weighted by atomic mass is 16.5. The van der Waals surface area contributed by atoms with E-state index in [1.807, 2.05) is 34.1 Å². The molecule has 1 saturated carbocycles. The third-order valence-corrected chi connectivity index (χ3v) is 6.83. The molecule has 1 aromatic rings. The van der Waals surface area contributed by atoms with E-state index in [4.69, 9.17) is 4.74 Å². The van der Waals surface area contributed by atoms with Gasteiger partial charge in [0.05, 0.1) is 20.1 Å². The van der Waals surface area contributed by atoms with Gasteiger partial charge in [0.15, 0.2) is 0 Å². The van der Waals surface area contributed by atoms with Gasteiger partial charge in [0.2, 0.25) is 11.8 Å². The summed E-state index contributed by atoms with van der Waals surface area (Å²) in [5.74, 6) is 1.15. The number of carbonyl (C=O) groups excluding carboxylic acids is 2. The van der Waals surface area contributed by atoms with E-state index in [2.05, 4.69) is 9.80 Å². The highest BCUT2D eigenvalue weighted by molar-refractivity contribution is 5.79. The van der Waals surface area contributed by atoms with Gasteiger partial charge in [-0.1, -0.05) is 18.6 Å². The Morgan fingerprint density at radius 3 is 2.23 bits per heavy atom. The average Bonchev–Trinajstić information content (AvgIpc) is 2.73. The van der Waals surface area contributed by atoms with Gasteiger partial charge in [-0.15, -0.1) is 0 Å². The zero-order chi connectivity index (χ0) is 20.9. The van der Waals surface area contributed by atoms with Crippen LogP contribution in [0.3, 0.4) is 0 Å². The monoisotopic (exact) mass is 414 g/mol. The SMILES string of the molecule is COc1cccc(CC(=O)N2CCN(CC(=O)N3CCN(C4CCC4)CC3)CC2)c1. The van der Waals surface area contributed by atoms with Crippen LogP contribution in [0.25, 0.3) is 0 Å². The zero-order valence-corrected chi connectivity index (χ0v) is 18.1. The second-order valence-electron chi connectivity index (χ2n) is 8.69. The van der Waals surface area contributed by atoms with Crippen molar-refractivity contribution in [1.29, 1.82) is 0 Å². The number of methoxy groups -OCH3 is 1. The molecule has 2 saturated heterocycles. The van der Waals surface area contributed by atoms with Gasteiger partial charge in [0.25, 0.3) is 0 Å². The molecule has 0 bridgehead atoms. The summed E-state index contributed by atoms with van der Waals surface area (Å²) in [5.41, 5.74) is 0.970. The van der Waals surface area contributed by atoms with E-state index in [9.17, 15) is 9.59 Å². The Labute approximate surface area is 179 Å². The van der Waals surface area contributed by atoms with Gasteiger partial charge in [-0.25, -0.2) is 0 Å². The van der Waals surface area contributed by atoms with Crippen LogP contribution in [0.5, 0.6) is 5.75 Å². The van der Waals surface area contributed by atoms with Crippen LogP contribution in [0.2, 0.25) is 0 Å². The molecular formula is C23H34N4O3. The molecule has 1 aromatic carbocycles. The Hall–Kier alpha value is -2.12. The summed E-state index contributed by atoms with van der Waals surface area (Å²) in [4.78, 5) is 34.0. The number of amides is 2. The van der Waals surface area contributed by atoms with Crippen molar-refractivity contribution in [2.45, 2.75) is 31.7 Å². The fraction of sp³-hybridized carbons (Fsp3) is 0.652. The van der Waals surface area contributed by atoms with Crippen molar-refractivity contribution in [1.82, 2.24) is 19.6 Å². The Kier molecular flexibility index (Phi) is 6.89. The molecule has 7 nitrogen and oxygen atoms in total. The highest BCUT2D eigenvalue weighted by Gasteiger charge is 2.30. The summed E-state index contributed by atoms with van der Waals surface area (Å²) in [7, 11) is 1.63. The highest BCUT2D eigenvalue weighted by Crippen LogP contribution is 2.25. The van der Waals surface area contributed by atoms with Crippen molar-refractivity contribution >= 4 is 11.8 Å². The van der Waals surface area contributed by atoms with Crippen molar-refractivity contribution in [3.63, 3.8) is 0 Å². The first-order valence-corrected chi connectivity index (χ1v) is 11.3. The molecule has 1 aliphatic carbocycles. The minimum atomic E-state index is 0.140. The Balaban J connectivity index is 1.18. The zero-order valence-electron chi connectivity index (χ0n) is 18.1. The maximum absolute atomic E-state index is 12.7. The van der Waals surface area contributed by atoms with Crippen LogP contribution in [-0.2, 0) is 16.0 Å². The summed E-state index contributed by atoms with van der Waals surface area (Å²) in [6, 6.07) is 8.44. The number of piperazine rings is 2. The first-order chi connectivity index (χ1) is 14.6. The van der Waals surface area contributed by atoms with Gasteiger partial charge in [0.1, 0.15) is 5.75 Å². The molecule has 0 spiro atoms. The number of nitrogens with zero attached hydrogens (tertiary/aromatic N) is 4. The van der Waals surface area contributed by atoms with Gasteiger partial charge in [-0.3, -0.25) is 19.4 Å². The molecule has 4 rings (SSSR count). The van der Waals surface area contributed by atoms with E-state index in [0.717, 1.165) is 56.6 Å². The number of benzene rings is 1. The number of rotatable bonds is 6. The van der Waals surface area contributed by atoms with E-state index in [-0.39, 0.29) is 11.8 Å². The molecule has 2 heterocycles. The number of hydrogen-bond donors (Lipinski definition) is 0. The predicted molar refractivity (Wildman–Crippen MR) is 116 cm³/mol. The molecule has 0 atom stereocenters. The van der Waals surface area contributed by atoms with Crippen LogP contribution in [0.4, 0.5) is 0 Å². The van der Waals surface area contributed by atoms with Crippen LogP contribution < -0.4 is 4.74 Å². The fourth-order valence-corrected chi connectivity index (χ4v) is 4.60. The first kappa shape index (κ1) is 21.1. The molecule has 30 heavy (non-hydrogen) atoms. The molecule has 3 fully saturated rings. The Morgan fingerprint density at radius 2 is 1.60 bits per heavy atom. The van der Waals surface area contributed by atoms with Gasteiger partial charge < -0.3 is 14.5 Å². The van der Waals surface area contributed by atoms with E-state index >= 15 is 0 Å². The van der Waals surface area contributed by atoms with Crippen molar-refractivity contribution < 1.29 is 14.3 Å². The minimum Gasteiger partial charge on any atom is -0.497 e. The lowest BCUT2D eigenvalue weighted by molar-refractivity contribution is -0.136. The fourth-order valence-electron chi connectivity index (χ4n) is 4.60. The van der Waals surface area contributed by atoms with Crippen molar-refractivity contribution in [3.05, 3.63) is 29.8 Å². The maximum Gasteiger partial charge on any atom is 0.236 e. The second kappa shape index (κ2) is 9.79. The molecule has 7 heteroatoms. The average molecular weight is 415 g/mol.